The number of carbonyl (C=O) groups excluding carboxylic acids is 1. The molecule has 0 aromatic carbocycles. The second-order valence-electron chi connectivity index (χ2n) is 5.16. The maximum Gasteiger partial charge on any atom is 0.460 e. The summed E-state index contributed by atoms with van der Waals surface area (Å²) >= 11 is 0. The molecule has 1 N–H and O–H groups in total. The average Bonchev–Trinajstić information content (AvgIpc) is 2.80. The van der Waals surface area contributed by atoms with Gasteiger partial charge in [0.25, 0.3) is 5.72 Å². The van der Waals surface area contributed by atoms with E-state index in [1.165, 1.54) is 0 Å². The molecule has 0 spiro atoms. The Kier molecular flexibility index (Phi) is 5.61. The van der Waals surface area contributed by atoms with Crippen molar-refractivity contribution in [3.05, 3.63) is 0 Å². The van der Waals surface area contributed by atoms with Crippen LogP contribution in [-0.2, 0) is 9.53 Å². The van der Waals surface area contributed by atoms with E-state index in [0.29, 0.717) is 0 Å². The molecule has 26 heavy (non-hydrogen) atoms. The zero-order valence-electron chi connectivity index (χ0n) is 12.6. The van der Waals surface area contributed by atoms with Crippen molar-refractivity contribution in [3.8, 4) is 0 Å². The van der Waals surface area contributed by atoms with Crippen molar-refractivity contribution in [3.63, 3.8) is 0 Å². The standard InChI is InChI=1S/C11H10F10N2O3/c1-26-3-2-5-4-7(25,10(16,17)18)23(22-5)6(24)8(12,13)9(14,15)11(19,20)21/h25H,2-4H2,1H3. The lowest BCUT2D eigenvalue weighted by molar-refractivity contribution is -0.353. The van der Waals surface area contributed by atoms with Crippen LogP contribution in [-0.4, -0.2) is 65.4 Å². The third-order valence-corrected chi connectivity index (χ3v) is 3.30. The second kappa shape index (κ2) is 6.51. The number of ether oxygens (including phenoxy) is 1. The summed E-state index contributed by atoms with van der Waals surface area (Å²) in [7, 11) is 1.08. The fraction of sp³-hybridized carbons (Fsp3) is 0.818. The summed E-state index contributed by atoms with van der Waals surface area (Å²) in [5.74, 6) is -17.3. The molecule has 0 fully saturated rings. The molecule has 0 aromatic heterocycles. The number of aliphatic hydroxyl groups is 1. The van der Waals surface area contributed by atoms with Gasteiger partial charge in [0.1, 0.15) is 0 Å². The van der Waals surface area contributed by atoms with E-state index in [1.807, 2.05) is 0 Å². The SMILES string of the molecule is COCCC1=NN(C(=O)C(F)(F)C(F)(F)C(F)(F)F)C(O)(C(F)(F)F)C1. The molecule has 15 heteroatoms. The minimum atomic E-state index is -7.01. The highest BCUT2D eigenvalue weighted by atomic mass is 19.4. The Morgan fingerprint density at radius 2 is 1.65 bits per heavy atom. The number of hydrazone groups is 1. The molecule has 1 amide bonds. The quantitative estimate of drug-likeness (QED) is 0.712. The topological polar surface area (TPSA) is 62.1 Å². The number of methoxy groups -OCH3 is 1. The van der Waals surface area contributed by atoms with Crippen molar-refractivity contribution in [2.45, 2.75) is 42.8 Å². The van der Waals surface area contributed by atoms with Gasteiger partial charge in [-0.3, -0.25) is 4.79 Å². The minimum Gasteiger partial charge on any atom is -0.384 e. The summed E-state index contributed by atoms with van der Waals surface area (Å²) in [4.78, 5) is 11.4. The first-order valence-corrected chi connectivity index (χ1v) is 6.45. The van der Waals surface area contributed by atoms with Crippen LogP contribution in [0, 0.1) is 0 Å². The van der Waals surface area contributed by atoms with E-state index in [1.54, 1.807) is 0 Å². The van der Waals surface area contributed by atoms with Crippen LogP contribution in [0.5, 0.6) is 0 Å². The van der Waals surface area contributed by atoms with E-state index in [0.717, 1.165) is 7.11 Å². The number of carbonyl (C=O) groups is 1. The van der Waals surface area contributed by atoms with Gasteiger partial charge in [0.15, 0.2) is 0 Å². The summed E-state index contributed by atoms with van der Waals surface area (Å²) < 4.78 is 132. The molecule has 1 rings (SSSR count). The molecule has 0 saturated carbocycles. The Balaban J connectivity index is 3.38. The first-order valence-electron chi connectivity index (χ1n) is 6.45. The van der Waals surface area contributed by atoms with Crippen LogP contribution in [0.15, 0.2) is 5.10 Å². The molecule has 1 aliphatic heterocycles. The molecular weight excluding hydrogens is 398 g/mol. The van der Waals surface area contributed by atoms with Crippen LogP contribution in [0.1, 0.15) is 12.8 Å². The van der Waals surface area contributed by atoms with Gasteiger partial charge in [-0.05, 0) is 0 Å². The maximum absolute atomic E-state index is 13.4. The van der Waals surface area contributed by atoms with Gasteiger partial charge in [-0.1, -0.05) is 0 Å². The Morgan fingerprint density at radius 3 is 2.04 bits per heavy atom. The number of nitrogens with zero attached hydrogens (tertiary/aromatic N) is 2. The molecule has 0 bridgehead atoms. The van der Waals surface area contributed by atoms with Crippen LogP contribution in [0.3, 0.4) is 0 Å². The summed E-state index contributed by atoms with van der Waals surface area (Å²) in [5, 5.41) is 10.7. The molecule has 0 saturated heterocycles. The van der Waals surface area contributed by atoms with E-state index in [9.17, 15) is 53.8 Å². The molecule has 0 aliphatic carbocycles. The number of hydrogen-bond donors (Lipinski definition) is 1. The smallest absolute Gasteiger partial charge is 0.384 e. The van der Waals surface area contributed by atoms with Crippen molar-refractivity contribution in [2.75, 3.05) is 13.7 Å². The number of halogens is 10. The first kappa shape index (κ1) is 22.4. The highest BCUT2D eigenvalue weighted by Crippen LogP contribution is 2.50. The van der Waals surface area contributed by atoms with Gasteiger partial charge in [0.05, 0.1) is 6.61 Å². The highest BCUT2D eigenvalue weighted by Gasteiger charge is 2.79. The minimum absolute atomic E-state index is 0.357. The maximum atomic E-state index is 13.4. The molecule has 1 aliphatic rings. The molecule has 5 nitrogen and oxygen atoms in total. The molecule has 0 radical (unpaired) electrons. The number of alkyl halides is 10. The number of amides is 1. The van der Waals surface area contributed by atoms with E-state index in [4.69, 9.17) is 0 Å². The molecule has 0 aromatic rings. The predicted molar refractivity (Wildman–Crippen MR) is 62.3 cm³/mol. The average molecular weight is 408 g/mol. The first-order chi connectivity index (χ1) is 11.4. The lowest BCUT2D eigenvalue weighted by Gasteiger charge is -2.36. The van der Waals surface area contributed by atoms with Crippen LogP contribution in [0.4, 0.5) is 43.9 Å². The monoisotopic (exact) mass is 408 g/mol. The highest BCUT2D eigenvalue weighted by molar-refractivity contribution is 5.93. The van der Waals surface area contributed by atoms with Gasteiger partial charge < -0.3 is 9.84 Å². The van der Waals surface area contributed by atoms with Crippen LogP contribution >= 0.6 is 0 Å². The van der Waals surface area contributed by atoms with E-state index in [-0.39, 0.29) is 6.61 Å². The van der Waals surface area contributed by atoms with Gasteiger partial charge in [-0.25, -0.2) is 0 Å². The Bertz CT molecular complexity index is 586. The van der Waals surface area contributed by atoms with Gasteiger partial charge >= 0.3 is 30.1 Å². The molecule has 1 atom stereocenters. The lowest BCUT2D eigenvalue weighted by atomic mass is 10.0. The molecule has 152 valence electrons. The summed E-state index contributed by atoms with van der Waals surface area (Å²) in [6.07, 6.45) is -15.0. The molecular formula is C11H10F10N2O3. The Hall–Kier alpha value is -1.64. The van der Waals surface area contributed by atoms with Crippen molar-refractivity contribution in [1.82, 2.24) is 5.01 Å². The van der Waals surface area contributed by atoms with E-state index < -0.39 is 59.4 Å². The van der Waals surface area contributed by atoms with Gasteiger partial charge in [-0.15, -0.1) is 0 Å². The fourth-order valence-corrected chi connectivity index (χ4v) is 1.86. The zero-order valence-corrected chi connectivity index (χ0v) is 12.6. The largest absolute Gasteiger partial charge is 0.460 e. The second-order valence-corrected chi connectivity index (χ2v) is 5.16. The van der Waals surface area contributed by atoms with Crippen LogP contribution in [0.2, 0.25) is 0 Å². The molecule has 1 heterocycles. The van der Waals surface area contributed by atoms with Crippen molar-refractivity contribution in [1.29, 1.82) is 0 Å². The Labute approximate surface area is 138 Å². The summed E-state index contributed by atoms with van der Waals surface area (Å²) in [6, 6.07) is 0. The third kappa shape index (κ3) is 3.45. The normalized spacial score (nSPS) is 22.6. The predicted octanol–water partition coefficient (Wildman–Crippen LogP) is 2.70. The van der Waals surface area contributed by atoms with Gasteiger partial charge in [-0.2, -0.15) is 54.0 Å². The summed E-state index contributed by atoms with van der Waals surface area (Å²) in [6.45, 7) is -0.357. The third-order valence-electron chi connectivity index (χ3n) is 3.30. The van der Waals surface area contributed by atoms with E-state index in [2.05, 4.69) is 9.84 Å². The van der Waals surface area contributed by atoms with Crippen molar-refractivity contribution in [2.24, 2.45) is 5.10 Å². The number of hydrogen-bond acceptors (Lipinski definition) is 4. The fourth-order valence-electron chi connectivity index (χ4n) is 1.86. The van der Waals surface area contributed by atoms with Gasteiger partial charge in [0, 0.05) is 25.7 Å². The number of rotatable bonds is 5. The molecule has 1 unspecified atom stereocenters. The van der Waals surface area contributed by atoms with Crippen LogP contribution in [0.25, 0.3) is 0 Å². The van der Waals surface area contributed by atoms with Gasteiger partial charge in [0.2, 0.25) is 0 Å². The summed E-state index contributed by atoms with van der Waals surface area (Å²) in [5.41, 5.74) is -5.29. The van der Waals surface area contributed by atoms with Crippen molar-refractivity contribution >= 4 is 11.6 Å². The van der Waals surface area contributed by atoms with Crippen molar-refractivity contribution < 1.29 is 58.5 Å². The van der Waals surface area contributed by atoms with E-state index >= 15 is 0 Å². The lowest BCUT2D eigenvalue weighted by Crippen LogP contribution is -2.65. The Morgan fingerprint density at radius 1 is 1.15 bits per heavy atom. The zero-order chi connectivity index (χ0) is 20.8. The van der Waals surface area contributed by atoms with Crippen LogP contribution < -0.4 is 0 Å².